The molecule has 0 radical (unpaired) electrons. The monoisotopic (exact) mass is 277 g/mol. The predicted molar refractivity (Wildman–Crippen MR) is 77.4 cm³/mol. The van der Waals surface area contributed by atoms with Gasteiger partial charge in [-0.2, -0.15) is 0 Å². The number of amides is 1. The molecule has 0 bridgehead atoms. The second-order valence-electron chi connectivity index (χ2n) is 5.76. The Kier molecular flexibility index (Phi) is 5.01. The van der Waals surface area contributed by atoms with Gasteiger partial charge in [-0.15, -0.1) is 0 Å². The molecule has 1 N–H and O–H groups in total. The van der Waals surface area contributed by atoms with Gasteiger partial charge in [0.1, 0.15) is 5.75 Å². The number of aliphatic hydroxyl groups is 1. The van der Waals surface area contributed by atoms with Gasteiger partial charge in [0, 0.05) is 12.6 Å². The molecule has 1 aromatic carbocycles. The number of ether oxygens (including phenoxy) is 1. The molecule has 0 saturated heterocycles. The van der Waals surface area contributed by atoms with Crippen molar-refractivity contribution in [2.75, 3.05) is 13.2 Å². The topological polar surface area (TPSA) is 49.8 Å². The standard InChI is InChI=1S/C16H23NO3/c1-12(2)9-17(14-5-6-14)16(19)11-20-15-7-3-13(10-18)4-8-15/h3-4,7-8,12,14,18H,5-6,9-11H2,1-2H3. The van der Waals surface area contributed by atoms with E-state index in [2.05, 4.69) is 13.8 Å². The summed E-state index contributed by atoms with van der Waals surface area (Å²) in [5.41, 5.74) is 0.836. The van der Waals surface area contributed by atoms with Gasteiger partial charge in [-0.25, -0.2) is 0 Å². The number of carbonyl (C=O) groups excluding carboxylic acids is 1. The summed E-state index contributed by atoms with van der Waals surface area (Å²) in [6, 6.07) is 7.58. The first kappa shape index (κ1) is 14.9. The Morgan fingerprint density at radius 3 is 2.50 bits per heavy atom. The first-order valence-electron chi connectivity index (χ1n) is 7.22. The van der Waals surface area contributed by atoms with Gasteiger partial charge >= 0.3 is 0 Å². The van der Waals surface area contributed by atoms with Gasteiger partial charge in [-0.1, -0.05) is 26.0 Å². The van der Waals surface area contributed by atoms with E-state index in [-0.39, 0.29) is 19.1 Å². The molecule has 2 rings (SSSR count). The molecule has 1 aliphatic rings. The molecule has 0 heterocycles. The third-order valence-electron chi connectivity index (χ3n) is 3.34. The Balaban J connectivity index is 1.86. The fourth-order valence-corrected chi connectivity index (χ4v) is 2.15. The number of carbonyl (C=O) groups is 1. The summed E-state index contributed by atoms with van der Waals surface area (Å²) in [6.07, 6.45) is 2.23. The Hall–Kier alpha value is -1.55. The van der Waals surface area contributed by atoms with Crippen molar-refractivity contribution in [2.24, 2.45) is 5.92 Å². The minimum absolute atomic E-state index is 0.0169. The van der Waals surface area contributed by atoms with E-state index in [1.807, 2.05) is 4.90 Å². The lowest BCUT2D eigenvalue weighted by molar-refractivity contribution is -0.134. The summed E-state index contributed by atoms with van der Waals surface area (Å²) in [4.78, 5) is 14.2. The number of hydrogen-bond donors (Lipinski definition) is 1. The van der Waals surface area contributed by atoms with Crippen molar-refractivity contribution < 1.29 is 14.6 Å². The third kappa shape index (κ3) is 4.23. The second-order valence-corrected chi connectivity index (χ2v) is 5.76. The van der Waals surface area contributed by atoms with Crippen LogP contribution in [0.15, 0.2) is 24.3 Å². The van der Waals surface area contributed by atoms with Gasteiger partial charge in [-0.3, -0.25) is 4.79 Å². The average Bonchev–Trinajstić information content (AvgIpc) is 3.27. The maximum Gasteiger partial charge on any atom is 0.260 e. The Morgan fingerprint density at radius 2 is 2.00 bits per heavy atom. The Bertz CT molecular complexity index is 438. The molecule has 0 atom stereocenters. The van der Waals surface area contributed by atoms with E-state index < -0.39 is 0 Å². The molecule has 0 spiro atoms. The number of nitrogens with zero attached hydrogens (tertiary/aromatic N) is 1. The van der Waals surface area contributed by atoms with Crippen molar-refractivity contribution in [3.8, 4) is 5.75 Å². The molecule has 1 fully saturated rings. The molecular weight excluding hydrogens is 254 g/mol. The van der Waals surface area contributed by atoms with Crippen LogP contribution in [-0.4, -0.2) is 35.1 Å². The van der Waals surface area contributed by atoms with Gasteiger partial charge in [0.2, 0.25) is 0 Å². The maximum atomic E-state index is 12.2. The highest BCUT2D eigenvalue weighted by molar-refractivity contribution is 5.78. The largest absolute Gasteiger partial charge is 0.484 e. The van der Waals surface area contributed by atoms with E-state index in [9.17, 15) is 4.79 Å². The highest BCUT2D eigenvalue weighted by Crippen LogP contribution is 2.27. The van der Waals surface area contributed by atoms with Crippen LogP contribution >= 0.6 is 0 Å². The van der Waals surface area contributed by atoms with Crippen molar-refractivity contribution in [1.82, 2.24) is 4.90 Å². The van der Waals surface area contributed by atoms with Crippen LogP contribution < -0.4 is 4.74 Å². The molecule has 1 aromatic rings. The lowest BCUT2D eigenvalue weighted by atomic mass is 10.2. The molecule has 4 heteroatoms. The number of benzene rings is 1. The zero-order valence-corrected chi connectivity index (χ0v) is 12.2. The zero-order chi connectivity index (χ0) is 14.5. The fraction of sp³-hybridized carbons (Fsp3) is 0.562. The highest BCUT2D eigenvalue weighted by atomic mass is 16.5. The first-order valence-corrected chi connectivity index (χ1v) is 7.22. The summed E-state index contributed by atoms with van der Waals surface area (Å²) in [6.45, 7) is 5.15. The highest BCUT2D eigenvalue weighted by Gasteiger charge is 2.32. The molecule has 20 heavy (non-hydrogen) atoms. The lowest BCUT2D eigenvalue weighted by Gasteiger charge is -2.24. The van der Waals surface area contributed by atoms with Gasteiger partial charge < -0.3 is 14.7 Å². The van der Waals surface area contributed by atoms with Gasteiger partial charge in [0.15, 0.2) is 6.61 Å². The van der Waals surface area contributed by atoms with Crippen LogP contribution in [-0.2, 0) is 11.4 Å². The summed E-state index contributed by atoms with van der Waals surface area (Å²) >= 11 is 0. The summed E-state index contributed by atoms with van der Waals surface area (Å²) in [5, 5.41) is 8.97. The van der Waals surface area contributed by atoms with Crippen LogP contribution in [0, 0.1) is 5.92 Å². The van der Waals surface area contributed by atoms with Crippen molar-refractivity contribution in [3.05, 3.63) is 29.8 Å². The summed E-state index contributed by atoms with van der Waals surface area (Å²) < 4.78 is 5.53. The zero-order valence-electron chi connectivity index (χ0n) is 12.2. The van der Waals surface area contributed by atoms with E-state index in [0.717, 1.165) is 24.9 Å². The maximum absolute atomic E-state index is 12.2. The van der Waals surface area contributed by atoms with Crippen LogP contribution in [0.5, 0.6) is 5.75 Å². The van der Waals surface area contributed by atoms with Gasteiger partial charge in [0.25, 0.3) is 5.91 Å². The quantitative estimate of drug-likeness (QED) is 0.831. The Labute approximate surface area is 120 Å². The Morgan fingerprint density at radius 1 is 1.35 bits per heavy atom. The molecule has 0 aromatic heterocycles. The minimum Gasteiger partial charge on any atom is -0.484 e. The normalized spacial score (nSPS) is 14.4. The third-order valence-corrected chi connectivity index (χ3v) is 3.34. The molecule has 1 amide bonds. The van der Waals surface area contributed by atoms with E-state index >= 15 is 0 Å². The van der Waals surface area contributed by atoms with Crippen molar-refractivity contribution in [1.29, 1.82) is 0 Å². The predicted octanol–water partition coefficient (Wildman–Crippen LogP) is 2.20. The first-order chi connectivity index (χ1) is 9.60. The van der Waals surface area contributed by atoms with E-state index in [1.54, 1.807) is 24.3 Å². The van der Waals surface area contributed by atoms with Gasteiger partial charge in [0.05, 0.1) is 6.61 Å². The number of rotatable bonds is 7. The van der Waals surface area contributed by atoms with Crippen molar-refractivity contribution in [2.45, 2.75) is 39.3 Å². The molecule has 1 saturated carbocycles. The lowest BCUT2D eigenvalue weighted by Crippen LogP contribution is -2.39. The van der Waals surface area contributed by atoms with Crippen LogP contribution in [0.2, 0.25) is 0 Å². The fourth-order valence-electron chi connectivity index (χ4n) is 2.15. The smallest absolute Gasteiger partial charge is 0.260 e. The number of hydrogen-bond acceptors (Lipinski definition) is 3. The van der Waals surface area contributed by atoms with Crippen LogP contribution in [0.4, 0.5) is 0 Å². The molecule has 0 aliphatic heterocycles. The van der Waals surface area contributed by atoms with Crippen LogP contribution in [0.1, 0.15) is 32.3 Å². The number of aliphatic hydroxyl groups excluding tert-OH is 1. The molecular formula is C16H23NO3. The van der Waals surface area contributed by atoms with Crippen molar-refractivity contribution in [3.63, 3.8) is 0 Å². The average molecular weight is 277 g/mol. The summed E-state index contributed by atoms with van der Waals surface area (Å²) in [7, 11) is 0. The minimum atomic E-state index is 0.0169. The SMILES string of the molecule is CC(C)CN(C(=O)COc1ccc(CO)cc1)C1CC1. The molecule has 0 unspecified atom stereocenters. The molecule has 4 nitrogen and oxygen atoms in total. The van der Waals surface area contributed by atoms with Crippen LogP contribution in [0.25, 0.3) is 0 Å². The summed E-state index contributed by atoms with van der Waals surface area (Å²) in [5.74, 6) is 1.20. The second kappa shape index (κ2) is 6.75. The van der Waals surface area contributed by atoms with Crippen molar-refractivity contribution >= 4 is 5.91 Å². The van der Waals surface area contributed by atoms with E-state index in [0.29, 0.717) is 17.7 Å². The van der Waals surface area contributed by atoms with Crippen LogP contribution in [0.3, 0.4) is 0 Å². The van der Waals surface area contributed by atoms with Gasteiger partial charge in [-0.05, 0) is 36.5 Å². The van der Waals surface area contributed by atoms with E-state index in [4.69, 9.17) is 9.84 Å². The van der Waals surface area contributed by atoms with E-state index in [1.165, 1.54) is 0 Å². The molecule has 110 valence electrons. The molecule has 1 aliphatic carbocycles.